The number of hydrogen-bond acceptors (Lipinski definition) is 11. The highest BCUT2D eigenvalue weighted by Crippen LogP contribution is 2.62. The number of aromatic nitrogens is 2. The second-order valence-corrected chi connectivity index (χ2v) is 15.6. The predicted molar refractivity (Wildman–Crippen MR) is 214 cm³/mol. The minimum absolute atomic E-state index is 0.119. The van der Waals surface area contributed by atoms with Gasteiger partial charge in [0.1, 0.15) is 18.1 Å². The molecule has 0 spiro atoms. The summed E-state index contributed by atoms with van der Waals surface area (Å²) in [4.78, 5) is 27.6. The highest BCUT2D eigenvalue weighted by Gasteiger charge is 2.64. The number of rotatable bonds is 20. The SMILES string of the molecule is C=CCOC12Oc3ccc(OC(=O)NCC)cc3C3C(CCCCO)C(CCCCO)C=C(C(=NOCc4ccccc4)CC1SCCc1cnccn1)C32. The molecule has 1 fully saturated rings. The molecule has 294 valence electrons. The van der Waals surface area contributed by atoms with Gasteiger partial charge >= 0.3 is 6.09 Å². The first-order valence-electron chi connectivity index (χ1n) is 19.6. The number of nitrogens with one attached hydrogen (secondary N) is 1. The molecule has 2 heterocycles. The topological polar surface area (TPSA) is 145 Å². The molecule has 0 radical (unpaired) electrons. The molecule has 1 aromatic heterocycles. The highest BCUT2D eigenvalue weighted by atomic mass is 32.2. The number of unbranched alkanes of at least 4 members (excludes halogenated alkanes) is 2. The third-order valence-corrected chi connectivity index (χ3v) is 12.0. The third kappa shape index (κ3) is 9.78. The van der Waals surface area contributed by atoms with E-state index in [2.05, 4.69) is 27.9 Å². The number of oxime groups is 1. The van der Waals surface area contributed by atoms with E-state index >= 15 is 0 Å². The molecule has 6 unspecified atom stereocenters. The number of fused-ring (bicyclic) bond motifs is 2. The molecular weight excluding hydrogens is 717 g/mol. The van der Waals surface area contributed by atoms with Crippen molar-refractivity contribution in [2.24, 2.45) is 22.9 Å². The standard InChI is InChI=1S/C43H54N4O7S/c1-3-23-51-43-39(55-24-18-32-28-44-19-20-46-32)27-37(47-52-29-30-12-6-5-7-13-30)35-25-31(14-8-10-21-48)34(15-9-11-22-49)40(41(35)43)36-26-33(16-17-38(36)54-43)53-42(50)45-4-2/h3,5-7,12-13,16-17,19-20,25-26,28,31,34,39-41,48-49H,1,4,8-11,14-15,18,21-24,27,29H2,2H3,(H,45,50). The van der Waals surface area contributed by atoms with Crippen LogP contribution in [0.2, 0.25) is 0 Å². The highest BCUT2D eigenvalue weighted by molar-refractivity contribution is 8.00. The minimum atomic E-state index is -1.10. The van der Waals surface area contributed by atoms with E-state index in [1.165, 1.54) is 0 Å². The van der Waals surface area contributed by atoms with Gasteiger partial charge in [0.2, 0.25) is 5.79 Å². The Balaban J connectivity index is 1.49. The molecule has 3 aromatic rings. The van der Waals surface area contributed by atoms with Crippen LogP contribution in [0, 0.1) is 17.8 Å². The van der Waals surface area contributed by atoms with Crippen molar-refractivity contribution >= 4 is 23.6 Å². The average molecular weight is 771 g/mol. The lowest BCUT2D eigenvalue weighted by molar-refractivity contribution is -0.223. The number of nitrogens with zero attached hydrogens (tertiary/aromatic N) is 3. The fraction of sp³-hybridized carbons (Fsp3) is 0.488. The maximum atomic E-state index is 12.6. The number of ether oxygens (including phenoxy) is 3. The Labute approximate surface area is 328 Å². The van der Waals surface area contributed by atoms with E-state index in [1.807, 2.05) is 49.4 Å². The molecule has 1 saturated carbocycles. The first kappa shape index (κ1) is 40.4. The fourth-order valence-corrected chi connectivity index (χ4v) is 9.73. The summed E-state index contributed by atoms with van der Waals surface area (Å²) < 4.78 is 20.0. The van der Waals surface area contributed by atoms with E-state index in [0.29, 0.717) is 50.3 Å². The van der Waals surface area contributed by atoms with Gasteiger partial charge in [-0.05, 0) is 79.5 Å². The number of aryl methyl sites for hydroxylation is 1. The van der Waals surface area contributed by atoms with Crippen molar-refractivity contribution in [3.63, 3.8) is 0 Å². The largest absolute Gasteiger partial charge is 0.460 e. The maximum absolute atomic E-state index is 12.6. The van der Waals surface area contributed by atoms with Crippen LogP contribution in [0.15, 0.2) is 96.6 Å². The summed E-state index contributed by atoms with van der Waals surface area (Å²) in [5.74, 6) is 0.617. The number of aliphatic hydroxyl groups is 2. The molecule has 2 aromatic carbocycles. The molecule has 6 rings (SSSR count). The smallest absolute Gasteiger partial charge is 0.412 e. The summed E-state index contributed by atoms with van der Waals surface area (Å²) in [6.07, 6.45) is 14.9. The van der Waals surface area contributed by atoms with Crippen LogP contribution in [0.1, 0.15) is 74.6 Å². The van der Waals surface area contributed by atoms with E-state index in [0.717, 1.165) is 59.5 Å². The molecule has 3 N–H and O–H groups in total. The molecule has 12 heteroatoms. The van der Waals surface area contributed by atoms with Crippen LogP contribution < -0.4 is 14.8 Å². The molecule has 1 amide bonds. The van der Waals surface area contributed by atoms with Crippen molar-refractivity contribution < 1.29 is 34.1 Å². The molecule has 6 atom stereocenters. The molecule has 55 heavy (non-hydrogen) atoms. The zero-order valence-electron chi connectivity index (χ0n) is 31.7. The summed E-state index contributed by atoms with van der Waals surface area (Å²) in [7, 11) is 0. The van der Waals surface area contributed by atoms with Crippen LogP contribution in [0.5, 0.6) is 11.5 Å². The molecule has 11 nitrogen and oxygen atoms in total. The number of amides is 1. The van der Waals surface area contributed by atoms with Gasteiger partial charge in [0, 0.05) is 62.7 Å². The van der Waals surface area contributed by atoms with Crippen LogP contribution in [0.4, 0.5) is 4.79 Å². The minimum Gasteiger partial charge on any atom is -0.460 e. The Morgan fingerprint density at radius 3 is 2.67 bits per heavy atom. The van der Waals surface area contributed by atoms with Gasteiger partial charge in [-0.3, -0.25) is 9.97 Å². The number of thioether (sulfide) groups is 1. The van der Waals surface area contributed by atoms with Crippen LogP contribution in [0.25, 0.3) is 0 Å². The van der Waals surface area contributed by atoms with Crippen molar-refractivity contribution in [2.45, 2.75) is 81.9 Å². The summed E-state index contributed by atoms with van der Waals surface area (Å²) in [6.45, 7) is 7.17. The number of allylic oxidation sites excluding steroid dienone is 1. The zero-order chi connectivity index (χ0) is 38.5. The molecule has 3 aliphatic rings. The number of hydrogen-bond donors (Lipinski definition) is 3. The summed E-state index contributed by atoms with van der Waals surface area (Å²) in [6, 6.07) is 15.6. The van der Waals surface area contributed by atoms with Gasteiger partial charge < -0.3 is 34.6 Å². The predicted octanol–water partition coefficient (Wildman–Crippen LogP) is 7.39. The molecule has 0 bridgehead atoms. The van der Waals surface area contributed by atoms with Gasteiger partial charge in [0.05, 0.1) is 29.2 Å². The molecular formula is C43H54N4O7S. The Kier molecular flexibility index (Phi) is 14.8. The zero-order valence-corrected chi connectivity index (χ0v) is 32.5. The number of carbonyl (C=O) groups excluding carboxylic acids is 1. The molecule has 2 aliphatic carbocycles. The lowest BCUT2D eigenvalue weighted by Crippen LogP contribution is -2.64. The monoisotopic (exact) mass is 770 g/mol. The van der Waals surface area contributed by atoms with Crippen LogP contribution in [-0.4, -0.2) is 75.1 Å². The Bertz CT molecular complexity index is 1760. The van der Waals surface area contributed by atoms with Crippen molar-refractivity contribution in [2.75, 3.05) is 32.1 Å². The quantitative estimate of drug-likeness (QED) is 0.0604. The summed E-state index contributed by atoms with van der Waals surface area (Å²) in [5.41, 5.74) is 4.79. The van der Waals surface area contributed by atoms with Gasteiger partial charge in [0.25, 0.3) is 0 Å². The summed E-state index contributed by atoms with van der Waals surface area (Å²) in [5, 5.41) is 27.1. The van der Waals surface area contributed by atoms with Gasteiger partial charge in [0.15, 0.2) is 0 Å². The maximum Gasteiger partial charge on any atom is 0.412 e. The number of aliphatic hydroxyl groups excluding tert-OH is 2. The number of carbonyl (C=O) groups is 1. The van der Waals surface area contributed by atoms with Gasteiger partial charge in [-0.1, -0.05) is 60.5 Å². The second-order valence-electron chi connectivity index (χ2n) is 14.2. The van der Waals surface area contributed by atoms with Gasteiger partial charge in [-0.25, -0.2) is 4.79 Å². The van der Waals surface area contributed by atoms with Crippen LogP contribution in [0.3, 0.4) is 0 Å². The third-order valence-electron chi connectivity index (χ3n) is 10.7. The lowest BCUT2D eigenvalue weighted by atomic mass is 9.56. The van der Waals surface area contributed by atoms with E-state index < -0.39 is 11.9 Å². The van der Waals surface area contributed by atoms with Crippen molar-refractivity contribution in [1.82, 2.24) is 15.3 Å². The molecule has 1 aliphatic heterocycles. The van der Waals surface area contributed by atoms with Gasteiger partial charge in [-0.2, -0.15) is 11.8 Å². The lowest BCUT2D eigenvalue weighted by Gasteiger charge is -2.58. The van der Waals surface area contributed by atoms with Crippen molar-refractivity contribution in [1.29, 1.82) is 0 Å². The van der Waals surface area contributed by atoms with E-state index in [4.69, 9.17) is 24.2 Å². The molecule has 0 saturated heterocycles. The van der Waals surface area contributed by atoms with Crippen molar-refractivity contribution in [3.05, 3.63) is 108 Å². The first-order valence-corrected chi connectivity index (χ1v) is 20.6. The van der Waals surface area contributed by atoms with E-state index in [1.54, 1.807) is 42.5 Å². The summed E-state index contributed by atoms with van der Waals surface area (Å²) >= 11 is 1.78. The average Bonchev–Trinajstić information content (AvgIpc) is 3.20. The van der Waals surface area contributed by atoms with E-state index in [9.17, 15) is 15.0 Å². The van der Waals surface area contributed by atoms with Crippen LogP contribution >= 0.6 is 11.8 Å². The normalized spacial score (nSPS) is 24.5. The first-order chi connectivity index (χ1) is 27.0. The van der Waals surface area contributed by atoms with E-state index in [-0.39, 0.29) is 48.7 Å². The van der Waals surface area contributed by atoms with Crippen molar-refractivity contribution in [3.8, 4) is 11.5 Å². The Morgan fingerprint density at radius 1 is 1.11 bits per heavy atom. The Hall–Kier alpha value is -4.23. The Morgan fingerprint density at radius 2 is 1.93 bits per heavy atom. The van der Waals surface area contributed by atoms with Crippen LogP contribution in [-0.2, 0) is 22.6 Å². The second kappa shape index (κ2) is 20.1. The fourth-order valence-electron chi connectivity index (χ4n) is 8.35. The number of benzene rings is 2. The van der Waals surface area contributed by atoms with Gasteiger partial charge in [-0.15, -0.1) is 6.58 Å².